The van der Waals surface area contributed by atoms with E-state index in [1.54, 1.807) is 6.42 Å². The number of hydrogen-bond acceptors (Lipinski definition) is 0. The molecule has 0 aromatic carbocycles. The van der Waals surface area contributed by atoms with Gasteiger partial charge in [0.05, 0.1) is 0 Å². The third-order valence-corrected chi connectivity index (χ3v) is 4.53. The normalized spacial score (nSPS) is 48.5. The summed E-state index contributed by atoms with van der Waals surface area (Å²) >= 11 is 0. The second-order valence-electron chi connectivity index (χ2n) is 5.12. The van der Waals surface area contributed by atoms with Crippen molar-refractivity contribution in [1.82, 2.24) is 0 Å². The fourth-order valence-electron chi connectivity index (χ4n) is 3.45. The molecule has 2 saturated carbocycles. The maximum absolute atomic E-state index is 2.49. The second kappa shape index (κ2) is 3.40. The quantitative estimate of drug-likeness (QED) is 0.512. The van der Waals surface area contributed by atoms with Crippen molar-refractivity contribution in [2.75, 3.05) is 0 Å². The molecule has 2 fully saturated rings. The lowest BCUT2D eigenvalue weighted by atomic mass is 9.63. The molecule has 2 rings (SSSR count). The lowest BCUT2D eigenvalue weighted by Crippen LogP contribution is -2.33. The van der Waals surface area contributed by atoms with Crippen LogP contribution < -0.4 is 0 Å². The van der Waals surface area contributed by atoms with Gasteiger partial charge in [0.15, 0.2) is 0 Å². The first-order valence-electron chi connectivity index (χ1n) is 5.79. The summed E-state index contributed by atoms with van der Waals surface area (Å²) in [4.78, 5) is 0. The first kappa shape index (κ1) is 8.59. The minimum atomic E-state index is 1.00. The molecule has 0 heterocycles. The predicted octanol–water partition coefficient (Wildman–Crippen LogP) is 3.86. The van der Waals surface area contributed by atoms with E-state index in [4.69, 9.17) is 0 Å². The van der Waals surface area contributed by atoms with E-state index in [0.717, 1.165) is 23.7 Å². The van der Waals surface area contributed by atoms with Crippen LogP contribution in [0.15, 0.2) is 0 Å². The third kappa shape index (κ3) is 1.41. The van der Waals surface area contributed by atoms with Crippen LogP contribution in [0.25, 0.3) is 0 Å². The van der Waals surface area contributed by atoms with E-state index in [1.165, 1.54) is 32.1 Å². The number of fused-ring (bicyclic) bond motifs is 1. The summed E-state index contributed by atoms with van der Waals surface area (Å²) < 4.78 is 0. The summed E-state index contributed by atoms with van der Waals surface area (Å²) in [6.45, 7) is 4.95. The molecule has 0 bridgehead atoms. The highest BCUT2D eigenvalue weighted by atomic mass is 14.4. The van der Waals surface area contributed by atoms with Crippen LogP contribution in [-0.4, -0.2) is 0 Å². The zero-order valence-corrected chi connectivity index (χ0v) is 8.55. The molecule has 0 amide bonds. The van der Waals surface area contributed by atoms with E-state index in [-0.39, 0.29) is 0 Å². The zero-order chi connectivity index (χ0) is 8.55. The molecule has 0 aliphatic heterocycles. The lowest BCUT2D eigenvalue weighted by molar-refractivity contribution is 0.0734. The van der Waals surface area contributed by atoms with Gasteiger partial charge in [0.25, 0.3) is 0 Å². The Morgan fingerprint density at radius 3 is 2.42 bits per heavy atom. The van der Waals surface area contributed by atoms with Crippen molar-refractivity contribution in [3.63, 3.8) is 0 Å². The minimum Gasteiger partial charge on any atom is -0.0622 e. The molecule has 0 saturated heterocycles. The molecule has 0 spiro atoms. The summed E-state index contributed by atoms with van der Waals surface area (Å²) in [5.74, 6) is 4.24. The van der Waals surface area contributed by atoms with Crippen molar-refractivity contribution in [2.45, 2.75) is 52.4 Å². The zero-order valence-electron chi connectivity index (χ0n) is 8.55. The van der Waals surface area contributed by atoms with E-state index in [0.29, 0.717) is 0 Å². The van der Waals surface area contributed by atoms with E-state index in [1.807, 2.05) is 0 Å². The average molecular weight is 166 g/mol. The largest absolute Gasteiger partial charge is 0.0622 e. The van der Waals surface area contributed by atoms with Gasteiger partial charge >= 0.3 is 0 Å². The minimum absolute atomic E-state index is 1.00. The maximum Gasteiger partial charge on any atom is -0.0358 e. The molecule has 0 N–H and O–H groups in total. The molecule has 2 aliphatic rings. The van der Waals surface area contributed by atoms with Gasteiger partial charge in [-0.1, -0.05) is 39.5 Å². The highest BCUT2D eigenvalue weighted by molar-refractivity contribution is 4.85. The van der Waals surface area contributed by atoms with Crippen molar-refractivity contribution in [2.24, 2.45) is 23.7 Å². The molecule has 4 atom stereocenters. The fourth-order valence-corrected chi connectivity index (χ4v) is 3.45. The maximum atomic E-state index is 2.49. The first-order valence-corrected chi connectivity index (χ1v) is 5.79. The predicted molar refractivity (Wildman–Crippen MR) is 53.0 cm³/mol. The first-order chi connectivity index (χ1) is 5.79. The topological polar surface area (TPSA) is 0 Å². The van der Waals surface area contributed by atoms with Crippen LogP contribution in [0.1, 0.15) is 52.4 Å². The monoisotopic (exact) mass is 166 g/mol. The molecule has 0 nitrogen and oxygen atoms in total. The van der Waals surface area contributed by atoms with E-state index in [9.17, 15) is 0 Å². The molecule has 0 radical (unpaired) electrons. The Labute approximate surface area is 76.7 Å². The van der Waals surface area contributed by atoms with E-state index in [2.05, 4.69) is 13.8 Å². The van der Waals surface area contributed by atoms with Crippen LogP contribution in [0.5, 0.6) is 0 Å². The Hall–Kier alpha value is 0. The molecular weight excluding hydrogens is 144 g/mol. The van der Waals surface area contributed by atoms with Crippen LogP contribution in [-0.2, 0) is 0 Å². The third-order valence-electron chi connectivity index (χ3n) is 4.53. The molecule has 0 aromatic heterocycles. The second-order valence-corrected chi connectivity index (χ2v) is 5.12. The van der Waals surface area contributed by atoms with E-state index < -0.39 is 0 Å². The van der Waals surface area contributed by atoms with Gasteiger partial charge in [-0.2, -0.15) is 0 Å². The van der Waals surface area contributed by atoms with Gasteiger partial charge in [-0.15, -0.1) is 0 Å². The number of hydrogen-bond donors (Lipinski definition) is 0. The number of rotatable bonds is 0. The summed E-state index contributed by atoms with van der Waals surface area (Å²) in [5.41, 5.74) is 0. The molecule has 0 unspecified atom stereocenters. The van der Waals surface area contributed by atoms with Crippen molar-refractivity contribution >= 4 is 0 Å². The lowest BCUT2D eigenvalue weighted by Gasteiger charge is -2.43. The SMILES string of the molecule is C[C@@H]1[C@@H]2CCCC[C@H]2CC[C@H]1C. The summed E-state index contributed by atoms with van der Waals surface area (Å²) in [6.07, 6.45) is 9.15. The fraction of sp³-hybridized carbons (Fsp3) is 1.00. The van der Waals surface area contributed by atoms with Crippen LogP contribution in [0.2, 0.25) is 0 Å². The van der Waals surface area contributed by atoms with Gasteiger partial charge in [-0.05, 0) is 36.5 Å². The van der Waals surface area contributed by atoms with Crippen molar-refractivity contribution in [3.8, 4) is 0 Å². The molecule has 0 aromatic rings. The Morgan fingerprint density at radius 2 is 1.58 bits per heavy atom. The van der Waals surface area contributed by atoms with Gasteiger partial charge < -0.3 is 0 Å². The van der Waals surface area contributed by atoms with Gasteiger partial charge in [0, 0.05) is 0 Å². The Morgan fingerprint density at radius 1 is 0.833 bits per heavy atom. The average Bonchev–Trinajstić information content (AvgIpc) is 2.12. The van der Waals surface area contributed by atoms with Crippen molar-refractivity contribution < 1.29 is 0 Å². The van der Waals surface area contributed by atoms with Crippen LogP contribution in [0.3, 0.4) is 0 Å². The van der Waals surface area contributed by atoms with Crippen LogP contribution in [0, 0.1) is 23.7 Å². The smallest absolute Gasteiger partial charge is 0.0358 e. The molecular formula is C12H22. The highest BCUT2D eigenvalue weighted by Gasteiger charge is 2.35. The van der Waals surface area contributed by atoms with Crippen LogP contribution >= 0.6 is 0 Å². The van der Waals surface area contributed by atoms with E-state index >= 15 is 0 Å². The van der Waals surface area contributed by atoms with Gasteiger partial charge in [-0.25, -0.2) is 0 Å². The molecule has 0 heteroatoms. The molecule has 12 heavy (non-hydrogen) atoms. The summed E-state index contributed by atoms with van der Waals surface area (Å²) in [5, 5.41) is 0. The van der Waals surface area contributed by atoms with Gasteiger partial charge in [0.2, 0.25) is 0 Å². The van der Waals surface area contributed by atoms with Gasteiger partial charge in [0.1, 0.15) is 0 Å². The van der Waals surface area contributed by atoms with Gasteiger partial charge in [-0.3, -0.25) is 0 Å². The molecule has 70 valence electrons. The Bertz CT molecular complexity index is 148. The van der Waals surface area contributed by atoms with Crippen molar-refractivity contribution in [3.05, 3.63) is 0 Å². The van der Waals surface area contributed by atoms with Crippen molar-refractivity contribution in [1.29, 1.82) is 0 Å². The van der Waals surface area contributed by atoms with Crippen LogP contribution in [0.4, 0.5) is 0 Å². The highest BCUT2D eigenvalue weighted by Crippen LogP contribution is 2.45. The summed E-state index contributed by atoms with van der Waals surface area (Å²) in [7, 11) is 0. The standard InChI is InChI=1S/C12H22/c1-9-7-8-11-5-3-4-6-12(11)10(9)2/h9-12H,3-8H2,1-2H3/t9-,10+,11+,12+/m1/s1. The Kier molecular flexibility index (Phi) is 2.43. The molecule has 2 aliphatic carbocycles. The Balaban J connectivity index is 2.03. The summed E-state index contributed by atoms with van der Waals surface area (Å²) in [6, 6.07) is 0.